The van der Waals surface area contributed by atoms with Gasteiger partial charge >= 0.3 is 0 Å². The smallest absolute Gasteiger partial charge is 0.168 e. The van der Waals surface area contributed by atoms with E-state index in [2.05, 4.69) is 10.2 Å². The molecule has 25 heavy (non-hydrogen) atoms. The molecule has 0 fully saturated rings. The molecule has 0 aliphatic rings. The van der Waals surface area contributed by atoms with Gasteiger partial charge in [-0.2, -0.15) is 0 Å². The first-order valence-electron chi connectivity index (χ1n) is 8.02. The summed E-state index contributed by atoms with van der Waals surface area (Å²) in [5.74, 6) is -0.220. The number of fused-ring (bicyclic) bond motifs is 3. The first-order chi connectivity index (χ1) is 12.1. The Hall–Kier alpha value is -2.86. The Bertz CT molecular complexity index is 1060. The maximum Gasteiger partial charge on any atom is 0.168 e. The van der Waals surface area contributed by atoms with E-state index >= 15 is 0 Å². The van der Waals surface area contributed by atoms with Crippen LogP contribution < -0.4 is 5.73 Å². The van der Waals surface area contributed by atoms with Crippen LogP contribution in [0.25, 0.3) is 16.4 Å². The van der Waals surface area contributed by atoms with Crippen LogP contribution in [0.4, 0.5) is 8.78 Å². The second-order valence-electron chi connectivity index (χ2n) is 6.12. The second kappa shape index (κ2) is 6.22. The highest BCUT2D eigenvalue weighted by Gasteiger charge is 2.15. The van der Waals surface area contributed by atoms with Crippen LogP contribution in [-0.2, 0) is 12.8 Å². The molecule has 2 aromatic heterocycles. The van der Waals surface area contributed by atoms with E-state index in [9.17, 15) is 8.78 Å². The molecular formula is C19H16F2N4. The van der Waals surface area contributed by atoms with Crippen molar-refractivity contribution < 1.29 is 8.78 Å². The van der Waals surface area contributed by atoms with Crippen molar-refractivity contribution in [1.82, 2.24) is 14.6 Å². The minimum absolute atomic E-state index is 0.228. The van der Waals surface area contributed by atoms with Crippen LogP contribution >= 0.6 is 0 Å². The molecule has 0 radical (unpaired) electrons. The van der Waals surface area contributed by atoms with Crippen LogP contribution in [0.3, 0.4) is 0 Å². The Balaban J connectivity index is 1.62. The van der Waals surface area contributed by atoms with Crippen LogP contribution in [-0.4, -0.2) is 20.6 Å². The summed E-state index contributed by atoms with van der Waals surface area (Å²) >= 11 is 0. The fourth-order valence-electron chi connectivity index (χ4n) is 3.09. The van der Waals surface area contributed by atoms with Crippen LogP contribution in [0.5, 0.6) is 0 Å². The van der Waals surface area contributed by atoms with E-state index < -0.39 is 17.7 Å². The van der Waals surface area contributed by atoms with Crippen molar-refractivity contribution in [1.29, 1.82) is 0 Å². The number of hydrogen-bond donors (Lipinski definition) is 1. The molecule has 0 bridgehead atoms. The van der Waals surface area contributed by atoms with E-state index in [1.54, 1.807) is 0 Å². The number of rotatable bonds is 4. The maximum absolute atomic E-state index is 13.8. The van der Waals surface area contributed by atoms with Gasteiger partial charge in [-0.15, -0.1) is 10.2 Å². The lowest BCUT2D eigenvalue weighted by Gasteiger charge is -2.11. The standard InChI is InChI=1S/C19H16F2N4/c20-14-5-6-17(21)13(9-14)10-15(22)11-18-23-24-19-16-4-2-1-3-12(16)7-8-25(18)19/h1-9,15H,10-11,22H2/t15-/m1/s1. The van der Waals surface area contributed by atoms with Crippen molar-refractivity contribution in [2.24, 2.45) is 5.73 Å². The summed E-state index contributed by atoms with van der Waals surface area (Å²) in [5, 5.41) is 10.6. The van der Waals surface area contributed by atoms with Gasteiger partial charge in [0.05, 0.1) is 0 Å². The average Bonchev–Trinajstić information content (AvgIpc) is 3.01. The van der Waals surface area contributed by atoms with Gasteiger partial charge in [-0.25, -0.2) is 8.78 Å². The third-order valence-electron chi connectivity index (χ3n) is 4.31. The van der Waals surface area contributed by atoms with Crippen molar-refractivity contribution in [2.75, 3.05) is 0 Å². The van der Waals surface area contributed by atoms with Crippen molar-refractivity contribution >= 4 is 16.4 Å². The van der Waals surface area contributed by atoms with E-state index in [4.69, 9.17) is 5.73 Å². The van der Waals surface area contributed by atoms with Gasteiger partial charge in [0.15, 0.2) is 5.65 Å². The minimum atomic E-state index is -0.469. The van der Waals surface area contributed by atoms with Crippen molar-refractivity contribution in [3.8, 4) is 0 Å². The van der Waals surface area contributed by atoms with Gasteiger partial charge < -0.3 is 5.73 Å². The molecule has 126 valence electrons. The predicted octanol–water partition coefficient (Wildman–Crippen LogP) is 3.27. The zero-order chi connectivity index (χ0) is 17.4. The van der Waals surface area contributed by atoms with Gasteiger partial charge in [0, 0.05) is 24.0 Å². The normalized spacial score (nSPS) is 12.8. The number of halogens is 2. The quantitative estimate of drug-likeness (QED) is 0.621. The van der Waals surface area contributed by atoms with Crippen molar-refractivity contribution in [2.45, 2.75) is 18.9 Å². The molecule has 0 aliphatic carbocycles. The van der Waals surface area contributed by atoms with Crippen LogP contribution in [0.1, 0.15) is 11.4 Å². The van der Waals surface area contributed by atoms with E-state index in [0.29, 0.717) is 12.2 Å². The monoisotopic (exact) mass is 338 g/mol. The van der Waals surface area contributed by atoms with E-state index in [0.717, 1.165) is 28.6 Å². The lowest BCUT2D eigenvalue weighted by atomic mass is 10.0. The molecule has 1 atom stereocenters. The van der Waals surface area contributed by atoms with Gasteiger partial charge in [-0.1, -0.05) is 24.3 Å². The van der Waals surface area contributed by atoms with E-state index in [-0.39, 0.29) is 12.0 Å². The molecule has 0 unspecified atom stereocenters. The molecule has 0 saturated heterocycles. The molecule has 0 saturated carbocycles. The fraction of sp³-hybridized carbons (Fsp3) is 0.158. The number of hydrogen-bond acceptors (Lipinski definition) is 3. The lowest BCUT2D eigenvalue weighted by Crippen LogP contribution is -2.27. The lowest BCUT2D eigenvalue weighted by molar-refractivity contribution is 0.561. The Morgan fingerprint density at radius 1 is 1.00 bits per heavy atom. The molecule has 2 heterocycles. The highest BCUT2D eigenvalue weighted by molar-refractivity contribution is 5.93. The summed E-state index contributed by atoms with van der Waals surface area (Å²) in [7, 11) is 0. The van der Waals surface area contributed by atoms with Gasteiger partial charge in [-0.3, -0.25) is 4.40 Å². The summed E-state index contributed by atoms with van der Waals surface area (Å²) < 4.78 is 29.0. The molecule has 2 N–H and O–H groups in total. The van der Waals surface area contributed by atoms with Gasteiger partial charge in [0.25, 0.3) is 0 Å². The summed E-state index contributed by atoms with van der Waals surface area (Å²) in [4.78, 5) is 0. The summed E-state index contributed by atoms with van der Waals surface area (Å²) in [5.41, 5.74) is 7.18. The minimum Gasteiger partial charge on any atom is -0.327 e. The number of pyridine rings is 1. The van der Waals surface area contributed by atoms with Crippen molar-refractivity contribution in [3.63, 3.8) is 0 Å². The number of nitrogens with two attached hydrogens (primary N) is 1. The topological polar surface area (TPSA) is 56.2 Å². The Morgan fingerprint density at radius 2 is 1.84 bits per heavy atom. The van der Waals surface area contributed by atoms with Crippen LogP contribution in [0.15, 0.2) is 54.7 Å². The molecule has 0 aliphatic heterocycles. The molecule has 6 heteroatoms. The molecule has 4 aromatic rings. The third-order valence-corrected chi connectivity index (χ3v) is 4.31. The Morgan fingerprint density at radius 3 is 2.72 bits per heavy atom. The Kier molecular flexibility index (Phi) is 3.89. The zero-order valence-electron chi connectivity index (χ0n) is 13.4. The molecule has 0 spiro atoms. The van der Waals surface area contributed by atoms with Crippen molar-refractivity contribution in [3.05, 3.63) is 77.8 Å². The molecule has 4 nitrogen and oxygen atoms in total. The summed E-state index contributed by atoms with van der Waals surface area (Å²) in [6.45, 7) is 0. The van der Waals surface area contributed by atoms with Gasteiger partial charge in [0.1, 0.15) is 17.5 Å². The van der Waals surface area contributed by atoms with Crippen LogP contribution in [0.2, 0.25) is 0 Å². The second-order valence-corrected chi connectivity index (χ2v) is 6.12. The van der Waals surface area contributed by atoms with Gasteiger partial charge in [0.2, 0.25) is 0 Å². The highest BCUT2D eigenvalue weighted by Crippen LogP contribution is 2.20. The first kappa shape index (κ1) is 15.7. The molecule has 4 rings (SSSR count). The summed E-state index contributed by atoms with van der Waals surface area (Å²) in [6, 6.07) is 12.9. The maximum atomic E-state index is 13.8. The Labute approximate surface area is 142 Å². The zero-order valence-corrected chi connectivity index (χ0v) is 13.4. The molecule has 0 amide bonds. The predicted molar refractivity (Wildman–Crippen MR) is 92.2 cm³/mol. The molecular weight excluding hydrogens is 322 g/mol. The largest absolute Gasteiger partial charge is 0.327 e. The fourth-order valence-corrected chi connectivity index (χ4v) is 3.09. The van der Waals surface area contributed by atoms with Crippen LogP contribution in [0, 0.1) is 11.6 Å². The SMILES string of the molecule is N[C@H](Cc1cc(F)ccc1F)Cc1nnc2c3ccccc3ccn12. The molecule has 2 aromatic carbocycles. The summed E-state index contributed by atoms with van der Waals surface area (Å²) in [6.07, 6.45) is 2.55. The van der Waals surface area contributed by atoms with E-state index in [1.807, 2.05) is 40.9 Å². The number of nitrogens with zero attached hydrogens (tertiary/aromatic N) is 3. The first-order valence-corrected chi connectivity index (χ1v) is 8.02. The van der Waals surface area contributed by atoms with Gasteiger partial charge in [-0.05, 0) is 41.6 Å². The average molecular weight is 338 g/mol. The highest BCUT2D eigenvalue weighted by atomic mass is 19.1. The third kappa shape index (κ3) is 2.96. The number of benzene rings is 2. The number of aromatic nitrogens is 3. The van der Waals surface area contributed by atoms with E-state index in [1.165, 1.54) is 6.07 Å².